The molecule has 7 nitrogen and oxygen atoms in total. The minimum absolute atomic E-state index is 0. The first-order valence-corrected chi connectivity index (χ1v) is 8.16. The third kappa shape index (κ3) is 7.33. The van der Waals surface area contributed by atoms with E-state index in [2.05, 4.69) is 20.9 Å². The number of nitrogens with one attached hydrogen (secondary N) is 3. The molecule has 3 N–H and O–H groups in total. The molecule has 0 aliphatic rings. The molecule has 27 heavy (non-hydrogen) atoms. The Morgan fingerprint density at radius 2 is 1.70 bits per heavy atom. The van der Waals surface area contributed by atoms with E-state index in [1.54, 1.807) is 33.4 Å². The van der Waals surface area contributed by atoms with Crippen molar-refractivity contribution >= 4 is 41.5 Å². The molecule has 0 atom stereocenters. The predicted molar refractivity (Wildman–Crippen MR) is 118 cm³/mol. The van der Waals surface area contributed by atoms with Gasteiger partial charge in [-0.3, -0.25) is 9.79 Å². The van der Waals surface area contributed by atoms with E-state index in [9.17, 15) is 4.79 Å². The summed E-state index contributed by atoms with van der Waals surface area (Å²) in [6, 6.07) is 15.2. The lowest BCUT2D eigenvalue weighted by Gasteiger charge is -2.14. The molecular weight excluding hydrogens is 459 g/mol. The summed E-state index contributed by atoms with van der Waals surface area (Å²) in [7, 11) is 4.79. The fourth-order valence-corrected chi connectivity index (χ4v) is 2.25. The van der Waals surface area contributed by atoms with Crippen LogP contribution >= 0.6 is 24.0 Å². The molecule has 0 heterocycles. The Bertz CT molecular complexity index is 754. The summed E-state index contributed by atoms with van der Waals surface area (Å²) in [6.45, 7) is 0.600. The number of rotatable bonds is 7. The van der Waals surface area contributed by atoms with Crippen LogP contribution in [-0.2, 0) is 11.3 Å². The summed E-state index contributed by atoms with van der Waals surface area (Å²) in [5.74, 6) is 1.60. The van der Waals surface area contributed by atoms with Crippen LogP contribution in [0.3, 0.4) is 0 Å². The summed E-state index contributed by atoms with van der Waals surface area (Å²) in [6.07, 6.45) is 0. The van der Waals surface area contributed by atoms with Crippen molar-refractivity contribution in [3.63, 3.8) is 0 Å². The molecule has 0 radical (unpaired) electrons. The van der Waals surface area contributed by atoms with Crippen LogP contribution in [0.2, 0.25) is 0 Å². The molecule has 0 unspecified atom stereocenters. The van der Waals surface area contributed by atoms with E-state index >= 15 is 0 Å². The molecule has 0 bridgehead atoms. The average Bonchev–Trinajstić information content (AvgIpc) is 2.70. The van der Waals surface area contributed by atoms with Gasteiger partial charge in [0, 0.05) is 25.3 Å². The minimum atomic E-state index is -0.121. The lowest BCUT2D eigenvalue weighted by Crippen LogP contribution is -2.39. The Balaban J connectivity index is 0.00000364. The van der Waals surface area contributed by atoms with Crippen molar-refractivity contribution in [2.75, 3.05) is 33.1 Å². The number of carbonyl (C=O) groups is 1. The molecule has 0 spiro atoms. The zero-order chi connectivity index (χ0) is 18.8. The molecule has 2 rings (SSSR count). The highest BCUT2D eigenvalue weighted by molar-refractivity contribution is 14.0. The Hall–Kier alpha value is -2.49. The number of nitrogens with zero attached hydrogens (tertiary/aromatic N) is 1. The number of ether oxygens (including phenoxy) is 2. The molecule has 2 aromatic carbocycles. The second-order valence-corrected chi connectivity index (χ2v) is 5.38. The van der Waals surface area contributed by atoms with Gasteiger partial charge in [-0.15, -0.1) is 24.0 Å². The van der Waals surface area contributed by atoms with E-state index in [-0.39, 0.29) is 36.4 Å². The number of benzene rings is 2. The fourth-order valence-electron chi connectivity index (χ4n) is 2.25. The van der Waals surface area contributed by atoms with Gasteiger partial charge in [-0.25, -0.2) is 0 Å². The molecule has 8 heteroatoms. The number of guanidine groups is 1. The lowest BCUT2D eigenvalue weighted by molar-refractivity contribution is -0.120. The zero-order valence-corrected chi connectivity index (χ0v) is 17.9. The lowest BCUT2D eigenvalue weighted by atomic mass is 10.2. The first-order chi connectivity index (χ1) is 12.7. The first-order valence-electron chi connectivity index (χ1n) is 8.16. The van der Waals surface area contributed by atoms with Gasteiger partial charge in [0.05, 0.1) is 20.8 Å². The standard InChI is InChI=1S/C19H24N4O3.HI/c1-20-19(23-15-9-10-16(25-2)17(11-15)26-3)22-13-18(24)21-12-14-7-5-4-6-8-14;/h4-11H,12-13H2,1-3H3,(H,21,24)(H2,20,22,23);1H. The second-order valence-electron chi connectivity index (χ2n) is 5.38. The summed E-state index contributed by atoms with van der Waals surface area (Å²) < 4.78 is 10.5. The van der Waals surface area contributed by atoms with Gasteiger partial charge in [-0.05, 0) is 17.7 Å². The normalized spacial score (nSPS) is 10.4. The molecule has 146 valence electrons. The number of hydrogen-bond acceptors (Lipinski definition) is 4. The van der Waals surface area contributed by atoms with Crippen LogP contribution in [0.5, 0.6) is 11.5 Å². The van der Waals surface area contributed by atoms with Gasteiger partial charge in [0.25, 0.3) is 0 Å². The number of amides is 1. The highest BCUT2D eigenvalue weighted by Gasteiger charge is 2.07. The van der Waals surface area contributed by atoms with E-state index in [4.69, 9.17) is 9.47 Å². The van der Waals surface area contributed by atoms with Gasteiger partial charge in [0.2, 0.25) is 5.91 Å². The highest BCUT2D eigenvalue weighted by Crippen LogP contribution is 2.29. The van der Waals surface area contributed by atoms with E-state index in [1.807, 2.05) is 36.4 Å². The quantitative estimate of drug-likeness (QED) is 0.320. The van der Waals surface area contributed by atoms with E-state index in [0.717, 1.165) is 11.3 Å². The van der Waals surface area contributed by atoms with E-state index in [1.165, 1.54) is 0 Å². The maximum absolute atomic E-state index is 12.0. The van der Waals surface area contributed by atoms with Gasteiger partial charge >= 0.3 is 0 Å². The fraction of sp³-hybridized carbons (Fsp3) is 0.263. The topological polar surface area (TPSA) is 84.0 Å². The number of hydrogen-bond donors (Lipinski definition) is 3. The maximum atomic E-state index is 12.0. The molecular formula is C19H25IN4O3. The van der Waals surface area contributed by atoms with Crippen molar-refractivity contribution in [2.24, 2.45) is 4.99 Å². The monoisotopic (exact) mass is 484 g/mol. The molecule has 0 aromatic heterocycles. The molecule has 0 fully saturated rings. The summed E-state index contributed by atoms with van der Waals surface area (Å²) >= 11 is 0. The van der Waals surface area contributed by atoms with Gasteiger partial charge < -0.3 is 25.4 Å². The minimum Gasteiger partial charge on any atom is -0.493 e. The van der Waals surface area contributed by atoms with Crippen molar-refractivity contribution in [2.45, 2.75) is 6.54 Å². The zero-order valence-electron chi connectivity index (χ0n) is 15.6. The molecule has 0 saturated heterocycles. The smallest absolute Gasteiger partial charge is 0.239 e. The predicted octanol–water partition coefficient (Wildman–Crippen LogP) is 2.63. The van der Waals surface area contributed by atoms with Crippen LogP contribution in [-0.4, -0.2) is 39.7 Å². The van der Waals surface area contributed by atoms with Crippen molar-refractivity contribution in [1.29, 1.82) is 0 Å². The first kappa shape index (κ1) is 22.6. The van der Waals surface area contributed by atoms with Crippen LogP contribution in [0.25, 0.3) is 0 Å². The molecule has 1 amide bonds. The van der Waals surface area contributed by atoms with Crippen LogP contribution in [0.15, 0.2) is 53.5 Å². The van der Waals surface area contributed by atoms with Gasteiger partial charge in [0.15, 0.2) is 17.5 Å². The van der Waals surface area contributed by atoms with Crippen molar-refractivity contribution in [1.82, 2.24) is 10.6 Å². The third-order valence-corrected chi connectivity index (χ3v) is 3.62. The van der Waals surface area contributed by atoms with Crippen molar-refractivity contribution in [3.05, 3.63) is 54.1 Å². The SMILES string of the molecule is CN=C(NCC(=O)NCc1ccccc1)Nc1ccc(OC)c(OC)c1.I. The molecule has 2 aromatic rings. The summed E-state index contributed by atoms with van der Waals surface area (Å²) in [5, 5.41) is 8.94. The number of anilines is 1. The van der Waals surface area contributed by atoms with Crippen molar-refractivity contribution < 1.29 is 14.3 Å². The van der Waals surface area contributed by atoms with Crippen LogP contribution in [0, 0.1) is 0 Å². The van der Waals surface area contributed by atoms with Gasteiger partial charge in [-0.1, -0.05) is 30.3 Å². The van der Waals surface area contributed by atoms with Crippen LogP contribution in [0.1, 0.15) is 5.56 Å². The Kier molecular flexibility index (Phi) is 10.0. The number of halogens is 1. The maximum Gasteiger partial charge on any atom is 0.239 e. The number of aliphatic imine (C=N–C) groups is 1. The second kappa shape index (κ2) is 12.0. The van der Waals surface area contributed by atoms with Crippen LogP contribution in [0.4, 0.5) is 5.69 Å². The van der Waals surface area contributed by atoms with Gasteiger partial charge in [-0.2, -0.15) is 0 Å². The summed E-state index contributed by atoms with van der Waals surface area (Å²) in [5.41, 5.74) is 1.81. The molecule has 0 aliphatic carbocycles. The Morgan fingerprint density at radius 1 is 1.00 bits per heavy atom. The molecule has 0 aliphatic heterocycles. The van der Waals surface area contributed by atoms with E-state index in [0.29, 0.717) is 24.0 Å². The Morgan fingerprint density at radius 3 is 2.33 bits per heavy atom. The highest BCUT2D eigenvalue weighted by atomic mass is 127. The van der Waals surface area contributed by atoms with Crippen LogP contribution < -0.4 is 25.4 Å². The number of carbonyl (C=O) groups excluding carboxylic acids is 1. The average molecular weight is 484 g/mol. The van der Waals surface area contributed by atoms with Gasteiger partial charge in [0.1, 0.15) is 0 Å². The number of methoxy groups -OCH3 is 2. The molecule has 0 saturated carbocycles. The Labute approximate surface area is 176 Å². The van der Waals surface area contributed by atoms with E-state index < -0.39 is 0 Å². The van der Waals surface area contributed by atoms with Crippen molar-refractivity contribution in [3.8, 4) is 11.5 Å². The third-order valence-electron chi connectivity index (χ3n) is 3.62. The largest absolute Gasteiger partial charge is 0.493 e. The summed E-state index contributed by atoms with van der Waals surface area (Å²) in [4.78, 5) is 16.1.